The Bertz CT molecular complexity index is 608. The molecule has 0 fully saturated rings. The molecule has 2 aromatic rings. The van der Waals surface area contributed by atoms with Crippen molar-refractivity contribution in [1.29, 1.82) is 0 Å². The minimum atomic E-state index is -0.496. The zero-order chi connectivity index (χ0) is 15.1. The van der Waals surface area contributed by atoms with Crippen molar-refractivity contribution in [2.75, 3.05) is 11.9 Å². The Morgan fingerprint density at radius 2 is 2.48 bits per heavy atom. The van der Waals surface area contributed by atoms with Gasteiger partial charge in [0, 0.05) is 18.5 Å². The second-order valence-corrected chi connectivity index (χ2v) is 4.96. The molecule has 0 aromatic carbocycles. The maximum absolute atomic E-state index is 11.9. The van der Waals surface area contributed by atoms with Gasteiger partial charge in [-0.25, -0.2) is 14.5 Å². The van der Waals surface area contributed by atoms with Gasteiger partial charge in [0.05, 0.1) is 0 Å². The highest BCUT2D eigenvalue weighted by atomic mass is 32.1. The van der Waals surface area contributed by atoms with Crippen molar-refractivity contribution in [2.24, 2.45) is 0 Å². The van der Waals surface area contributed by atoms with Crippen molar-refractivity contribution in [3.63, 3.8) is 0 Å². The van der Waals surface area contributed by atoms with Gasteiger partial charge in [-0.1, -0.05) is 13.0 Å². The van der Waals surface area contributed by atoms with Crippen molar-refractivity contribution < 1.29 is 9.53 Å². The number of ether oxygens (including phenoxy) is 1. The Morgan fingerprint density at radius 3 is 3.24 bits per heavy atom. The first-order chi connectivity index (χ1) is 10.2. The molecule has 0 unspecified atom stereocenters. The fourth-order valence-corrected chi connectivity index (χ4v) is 2.21. The topological polar surface area (TPSA) is 94.8 Å². The number of hydrogen-bond acceptors (Lipinski definition) is 8. The average molecular weight is 308 g/mol. The predicted octanol–water partition coefficient (Wildman–Crippen LogP) is 1.49. The number of esters is 1. The van der Waals surface area contributed by atoms with E-state index in [1.165, 1.54) is 11.3 Å². The monoisotopic (exact) mass is 308 g/mol. The number of thiazole rings is 1. The van der Waals surface area contributed by atoms with E-state index in [0.717, 1.165) is 6.42 Å². The Balaban J connectivity index is 1.90. The fourth-order valence-electron chi connectivity index (χ4n) is 1.52. The van der Waals surface area contributed by atoms with Gasteiger partial charge in [0.25, 0.3) is 0 Å². The van der Waals surface area contributed by atoms with Crippen molar-refractivity contribution in [1.82, 2.24) is 25.2 Å². The van der Waals surface area contributed by atoms with Crippen molar-refractivity contribution >= 4 is 22.4 Å². The lowest BCUT2D eigenvalue weighted by atomic mass is 10.5. The van der Waals surface area contributed by atoms with E-state index in [1.54, 1.807) is 16.1 Å². The molecule has 9 heteroatoms. The van der Waals surface area contributed by atoms with Gasteiger partial charge in [-0.3, -0.25) is 0 Å². The number of carbonyl (C=O) groups is 1. The second-order valence-electron chi connectivity index (χ2n) is 4.10. The number of tetrazole rings is 1. The standard InChI is InChI=1S/C12H16N6O2S/c1-3-5-13-12-14-9(8-21-12)11(19)20-7-10-15-16-17-18(10)6-4-2/h3,8H,1,4-7H2,2H3,(H,13,14). The Hall–Kier alpha value is -2.29. The van der Waals surface area contributed by atoms with Gasteiger partial charge in [-0.15, -0.1) is 23.0 Å². The molecule has 21 heavy (non-hydrogen) atoms. The molecular weight excluding hydrogens is 292 g/mol. The van der Waals surface area contributed by atoms with Gasteiger partial charge in [-0.2, -0.15) is 0 Å². The van der Waals surface area contributed by atoms with Gasteiger partial charge in [0.2, 0.25) is 0 Å². The number of nitrogens with zero attached hydrogens (tertiary/aromatic N) is 5. The number of nitrogens with one attached hydrogen (secondary N) is 1. The third kappa shape index (κ3) is 4.09. The summed E-state index contributed by atoms with van der Waals surface area (Å²) < 4.78 is 6.79. The molecule has 0 radical (unpaired) electrons. The Kier molecular flexibility index (Phi) is 5.38. The molecule has 0 spiro atoms. The van der Waals surface area contributed by atoms with Crippen molar-refractivity contribution in [2.45, 2.75) is 26.5 Å². The van der Waals surface area contributed by atoms with Gasteiger partial charge >= 0.3 is 5.97 Å². The summed E-state index contributed by atoms with van der Waals surface area (Å²) in [5.41, 5.74) is 0.265. The molecule has 0 atom stereocenters. The van der Waals surface area contributed by atoms with Crippen LogP contribution in [0.3, 0.4) is 0 Å². The van der Waals surface area contributed by atoms with Crippen LogP contribution in [0.2, 0.25) is 0 Å². The van der Waals surface area contributed by atoms with E-state index in [-0.39, 0.29) is 12.3 Å². The van der Waals surface area contributed by atoms with Crippen LogP contribution in [-0.2, 0) is 17.9 Å². The van der Waals surface area contributed by atoms with Crippen LogP contribution in [0, 0.1) is 0 Å². The highest BCUT2D eigenvalue weighted by Crippen LogP contribution is 2.16. The van der Waals surface area contributed by atoms with E-state index >= 15 is 0 Å². The van der Waals surface area contributed by atoms with Crippen LogP contribution >= 0.6 is 11.3 Å². The van der Waals surface area contributed by atoms with Crippen LogP contribution < -0.4 is 5.32 Å². The number of hydrogen-bond donors (Lipinski definition) is 1. The number of anilines is 1. The molecule has 0 amide bonds. The molecule has 0 saturated heterocycles. The van der Waals surface area contributed by atoms with Crippen LogP contribution in [-0.4, -0.2) is 37.7 Å². The molecule has 2 rings (SSSR count). The van der Waals surface area contributed by atoms with Gasteiger partial charge in [0.1, 0.15) is 0 Å². The number of rotatable bonds is 8. The van der Waals surface area contributed by atoms with Gasteiger partial charge in [-0.05, 0) is 16.8 Å². The Morgan fingerprint density at radius 1 is 1.62 bits per heavy atom. The van der Waals surface area contributed by atoms with E-state index in [1.807, 2.05) is 6.92 Å². The lowest BCUT2D eigenvalue weighted by Crippen LogP contribution is -2.11. The number of carbonyl (C=O) groups excluding carboxylic acids is 1. The van der Waals surface area contributed by atoms with Crippen LogP contribution in [0.1, 0.15) is 29.7 Å². The highest BCUT2D eigenvalue weighted by molar-refractivity contribution is 7.13. The minimum absolute atomic E-state index is 0.0266. The van der Waals surface area contributed by atoms with E-state index in [0.29, 0.717) is 24.0 Å². The fraction of sp³-hybridized carbons (Fsp3) is 0.417. The average Bonchev–Trinajstić information content (AvgIpc) is 3.12. The smallest absolute Gasteiger partial charge is 0.358 e. The molecule has 0 aliphatic carbocycles. The molecular formula is C12H16N6O2S. The zero-order valence-corrected chi connectivity index (χ0v) is 12.5. The van der Waals surface area contributed by atoms with Crippen molar-refractivity contribution in [3.8, 4) is 0 Å². The Labute approximate surface area is 125 Å². The normalized spacial score (nSPS) is 10.3. The summed E-state index contributed by atoms with van der Waals surface area (Å²) in [5, 5.41) is 16.5. The maximum atomic E-state index is 11.9. The summed E-state index contributed by atoms with van der Waals surface area (Å²) in [7, 11) is 0. The molecule has 112 valence electrons. The first-order valence-electron chi connectivity index (χ1n) is 6.47. The van der Waals surface area contributed by atoms with E-state index in [4.69, 9.17) is 4.74 Å². The molecule has 0 bridgehead atoms. The summed E-state index contributed by atoms with van der Waals surface area (Å²) in [6, 6.07) is 0. The summed E-state index contributed by atoms with van der Waals surface area (Å²) in [4.78, 5) is 16.0. The van der Waals surface area contributed by atoms with E-state index in [2.05, 4.69) is 32.4 Å². The maximum Gasteiger partial charge on any atom is 0.358 e. The van der Waals surface area contributed by atoms with E-state index in [9.17, 15) is 4.79 Å². The largest absolute Gasteiger partial charge is 0.453 e. The molecule has 0 aliphatic heterocycles. The number of aromatic nitrogens is 5. The third-order valence-electron chi connectivity index (χ3n) is 2.48. The van der Waals surface area contributed by atoms with Crippen LogP contribution in [0.5, 0.6) is 0 Å². The summed E-state index contributed by atoms with van der Waals surface area (Å²) in [6.45, 7) is 6.92. The molecule has 2 aromatic heterocycles. The summed E-state index contributed by atoms with van der Waals surface area (Å²) in [6.07, 6.45) is 2.61. The number of aryl methyl sites for hydroxylation is 1. The molecule has 0 saturated carbocycles. The summed E-state index contributed by atoms with van der Waals surface area (Å²) in [5.74, 6) is 0.0226. The molecule has 2 heterocycles. The quantitative estimate of drug-likeness (QED) is 0.583. The molecule has 1 N–H and O–H groups in total. The van der Waals surface area contributed by atoms with Crippen LogP contribution in [0.25, 0.3) is 0 Å². The highest BCUT2D eigenvalue weighted by Gasteiger charge is 2.14. The third-order valence-corrected chi connectivity index (χ3v) is 3.28. The first kappa shape index (κ1) is 15.1. The summed E-state index contributed by atoms with van der Waals surface area (Å²) >= 11 is 1.34. The lowest BCUT2D eigenvalue weighted by molar-refractivity contribution is 0.0450. The van der Waals surface area contributed by atoms with Gasteiger partial charge in [0.15, 0.2) is 23.3 Å². The SMILES string of the molecule is C=CCNc1nc(C(=O)OCc2nnnn2CCC)cs1. The van der Waals surface area contributed by atoms with Crippen molar-refractivity contribution in [3.05, 3.63) is 29.6 Å². The second kappa shape index (κ2) is 7.48. The molecule has 8 nitrogen and oxygen atoms in total. The first-order valence-corrected chi connectivity index (χ1v) is 7.35. The molecule has 0 aliphatic rings. The van der Waals surface area contributed by atoms with Crippen LogP contribution in [0.15, 0.2) is 18.0 Å². The lowest BCUT2D eigenvalue weighted by Gasteiger charge is -2.03. The predicted molar refractivity (Wildman–Crippen MR) is 78.0 cm³/mol. The minimum Gasteiger partial charge on any atom is -0.453 e. The van der Waals surface area contributed by atoms with Gasteiger partial charge < -0.3 is 10.1 Å². The van der Waals surface area contributed by atoms with E-state index < -0.39 is 5.97 Å². The zero-order valence-electron chi connectivity index (χ0n) is 11.7. The van der Waals surface area contributed by atoms with Crippen LogP contribution in [0.4, 0.5) is 5.13 Å².